The van der Waals surface area contributed by atoms with Crippen molar-refractivity contribution in [2.45, 2.75) is 13.0 Å². The molecule has 0 rings (SSSR count). The van der Waals surface area contributed by atoms with E-state index in [0.717, 1.165) is 0 Å². The Morgan fingerprint density at radius 3 is 2.29 bits per heavy atom. The highest BCUT2D eigenvalue weighted by Gasteiger charge is 1.98. The third-order valence-corrected chi connectivity index (χ3v) is 1.47. The van der Waals surface area contributed by atoms with Gasteiger partial charge in [0.05, 0.1) is 6.61 Å². The minimum Gasteiger partial charge on any atom is -0.395 e. The molecule has 0 aromatic rings. The molecule has 3 heteroatoms. The first-order valence-electron chi connectivity index (χ1n) is 2.27. The summed E-state index contributed by atoms with van der Waals surface area (Å²) < 4.78 is 1.89. The second-order valence-corrected chi connectivity index (χ2v) is 2.51. The highest BCUT2D eigenvalue weighted by atomic mass is 31.0. The van der Waals surface area contributed by atoms with Crippen molar-refractivity contribution in [3.63, 3.8) is 0 Å². The number of hydrogen-bond acceptors (Lipinski definition) is 2. The quantitative estimate of drug-likeness (QED) is 0.523. The number of rotatable bonds is 2. The van der Waals surface area contributed by atoms with Crippen LogP contribution in [0.15, 0.2) is 0 Å². The van der Waals surface area contributed by atoms with E-state index in [9.17, 15) is 0 Å². The number of aliphatic hydroxyl groups is 1. The van der Waals surface area contributed by atoms with Gasteiger partial charge in [0, 0.05) is 6.04 Å². The van der Waals surface area contributed by atoms with Crippen LogP contribution in [0.1, 0.15) is 6.92 Å². The SMILES string of the molecule is CC(CO)N(C)P. The molecule has 0 heterocycles. The van der Waals surface area contributed by atoms with Gasteiger partial charge in [-0.3, -0.25) is 4.67 Å². The van der Waals surface area contributed by atoms with E-state index in [1.807, 2.05) is 18.6 Å². The first-order chi connectivity index (χ1) is 3.18. The topological polar surface area (TPSA) is 23.5 Å². The summed E-state index contributed by atoms with van der Waals surface area (Å²) in [5.74, 6) is 0. The lowest BCUT2D eigenvalue weighted by molar-refractivity contribution is 0.221. The van der Waals surface area contributed by atoms with E-state index >= 15 is 0 Å². The molecule has 7 heavy (non-hydrogen) atoms. The summed E-state index contributed by atoms with van der Waals surface area (Å²) in [5.41, 5.74) is 0. The molecule has 0 saturated carbocycles. The normalized spacial score (nSPS) is 15.0. The molecule has 0 amide bonds. The minimum absolute atomic E-state index is 0.222. The summed E-state index contributed by atoms with van der Waals surface area (Å²) in [6.07, 6.45) is 0. The first kappa shape index (κ1) is 7.35. The molecule has 0 bridgehead atoms. The van der Waals surface area contributed by atoms with Crippen molar-refractivity contribution < 1.29 is 5.11 Å². The number of hydrogen-bond donors (Lipinski definition) is 1. The molecular weight excluding hydrogens is 109 g/mol. The van der Waals surface area contributed by atoms with Gasteiger partial charge in [0.1, 0.15) is 0 Å². The molecule has 2 atom stereocenters. The molecule has 1 N–H and O–H groups in total. The minimum atomic E-state index is 0.222. The van der Waals surface area contributed by atoms with E-state index in [4.69, 9.17) is 5.11 Å². The fourth-order valence-electron chi connectivity index (χ4n) is 0.129. The van der Waals surface area contributed by atoms with Crippen molar-refractivity contribution in [1.82, 2.24) is 4.67 Å². The van der Waals surface area contributed by atoms with Gasteiger partial charge in [-0.2, -0.15) is 0 Å². The fraction of sp³-hybridized carbons (Fsp3) is 1.00. The summed E-state index contributed by atoms with van der Waals surface area (Å²) in [4.78, 5) is 0. The van der Waals surface area contributed by atoms with Gasteiger partial charge in [0.2, 0.25) is 0 Å². The third-order valence-electron chi connectivity index (χ3n) is 0.959. The molecule has 0 aliphatic carbocycles. The van der Waals surface area contributed by atoms with Gasteiger partial charge in [-0.05, 0) is 14.0 Å². The zero-order chi connectivity index (χ0) is 5.86. The maximum Gasteiger partial charge on any atom is 0.0587 e. The molecule has 0 radical (unpaired) electrons. The third kappa shape index (κ3) is 2.98. The van der Waals surface area contributed by atoms with Crippen molar-refractivity contribution in [3.05, 3.63) is 0 Å². The lowest BCUT2D eigenvalue weighted by Gasteiger charge is -2.15. The Balaban J connectivity index is 3.14. The zero-order valence-corrected chi connectivity index (χ0v) is 5.91. The lowest BCUT2D eigenvalue weighted by Crippen LogP contribution is -2.22. The van der Waals surface area contributed by atoms with Gasteiger partial charge in [0.25, 0.3) is 0 Å². The summed E-state index contributed by atoms with van der Waals surface area (Å²) in [7, 11) is 4.40. The monoisotopic (exact) mass is 121 g/mol. The van der Waals surface area contributed by atoms with Crippen LogP contribution < -0.4 is 0 Å². The highest BCUT2D eigenvalue weighted by molar-refractivity contribution is 7.13. The van der Waals surface area contributed by atoms with Crippen LogP contribution in [0.5, 0.6) is 0 Å². The van der Waals surface area contributed by atoms with Gasteiger partial charge >= 0.3 is 0 Å². The Bertz CT molecular complexity index is 49.0. The van der Waals surface area contributed by atoms with Crippen molar-refractivity contribution in [2.75, 3.05) is 13.7 Å². The number of nitrogens with zero attached hydrogens (tertiary/aromatic N) is 1. The molecule has 0 aromatic carbocycles. The van der Waals surface area contributed by atoms with Crippen LogP contribution in [0.3, 0.4) is 0 Å². The van der Waals surface area contributed by atoms with Crippen LogP contribution >= 0.6 is 9.39 Å². The average Bonchev–Trinajstić information content (AvgIpc) is 1.65. The van der Waals surface area contributed by atoms with Crippen LogP contribution in [0, 0.1) is 0 Å². The molecule has 0 saturated heterocycles. The van der Waals surface area contributed by atoms with E-state index in [1.54, 1.807) is 0 Å². The summed E-state index contributed by atoms with van der Waals surface area (Å²) in [6, 6.07) is 0.255. The van der Waals surface area contributed by atoms with Crippen molar-refractivity contribution >= 4 is 9.39 Å². The smallest absolute Gasteiger partial charge is 0.0587 e. The molecule has 0 spiro atoms. The Labute approximate surface area is 46.8 Å². The highest BCUT2D eigenvalue weighted by Crippen LogP contribution is 1.98. The zero-order valence-electron chi connectivity index (χ0n) is 4.76. The Morgan fingerprint density at radius 1 is 1.86 bits per heavy atom. The molecule has 0 aliphatic rings. The molecule has 2 nitrogen and oxygen atoms in total. The van der Waals surface area contributed by atoms with E-state index in [-0.39, 0.29) is 12.6 Å². The van der Waals surface area contributed by atoms with Crippen LogP contribution in [0.25, 0.3) is 0 Å². The van der Waals surface area contributed by atoms with Crippen LogP contribution in [0.2, 0.25) is 0 Å². The van der Waals surface area contributed by atoms with Crippen molar-refractivity contribution in [2.24, 2.45) is 0 Å². The number of likely N-dealkylation sites (N-methyl/N-ethyl adjacent to an activating group) is 1. The average molecular weight is 121 g/mol. The van der Waals surface area contributed by atoms with Crippen molar-refractivity contribution in [1.29, 1.82) is 0 Å². The Morgan fingerprint density at radius 2 is 2.29 bits per heavy atom. The second-order valence-electron chi connectivity index (χ2n) is 1.70. The van der Waals surface area contributed by atoms with Crippen LogP contribution in [-0.2, 0) is 0 Å². The number of aliphatic hydroxyl groups excluding tert-OH is 1. The summed E-state index contributed by atoms with van der Waals surface area (Å²) in [5, 5.41) is 8.45. The molecule has 0 aliphatic heterocycles. The predicted molar refractivity (Wildman–Crippen MR) is 34.0 cm³/mol. The molecule has 44 valence electrons. The predicted octanol–water partition coefficient (Wildman–Crippen LogP) is 0.0891. The molecule has 0 aromatic heterocycles. The standard InChI is InChI=1S/C4H12NOP/c1-4(3-6)5(2)7/h4,6H,3,7H2,1-2H3. The lowest BCUT2D eigenvalue weighted by atomic mass is 10.4. The summed E-state index contributed by atoms with van der Waals surface area (Å²) >= 11 is 0. The van der Waals surface area contributed by atoms with Gasteiger partial charge in [0.15, 0.2) is 0 Å². The first-order valence-corrected chi connectivity index (χ1v) is 2.78. The fourth-order valence-corrected chi connectivity index (χ4v) is 0.223. The van der Waals surface area contributed by atoms with Gasteiger partial charge in [-0.25, -0.2) is 0 Å². The molecule has 0 fully saturated rings. The van der Waals surface area contributed by atoms with E-state index in [2.05, 4.69) is 9.39 Å². The second kappa shape index (κ2) is 3.36. The summed E-state index contributed by atoms with van der Waals surface area (Å²) in [6.45, 7) is 2.17. The van der Waals surface area contributed by atoms with E-state index in [1.165, 1.54) is 0 Å². The van der Waals surface area contributed by atoms with Gasteiger partial charge in [-0.1, -0.05) is 9.39 Å². The largest absolute Gasteiger partial charge is 0.395 e. The van der Waals surface area contributed by atoms with Crippen LogP contribution in [0.4, 0.5) is 0 Å². The molecule has 2 unspecified atom stereocenters. The van der Waals surface area contributed by atoms with Gasteiger partial charge < -0.3 is 5.11 Å². The van der Waals surface area contributed by atoms with E-state index in [0.29, 0.717) is 0 Å². The maximum atomic E-state index is 8.45. The van der Waals surface area contributed by atoms with Crippen LogP contribution in [-0.4, -0.2) is 29.5 Å². The van der Waals surface area contributed by atoms with Crippen molar-refractivity contribution in [3.8, 4) is 0 Å². The maximum absolute atomic E-state index is 8.45. The Kier molecular flexibility index (Phi) is 3.53. The Hall–Kier alpha value is 0.350. The molecular formula is C4H12NOP. The van der Waals surface area contributed by atoms with Gasteiger partial charge in [-0.15, -0.1) is 0 Å². The van der Waals surface area contributed by atoms with E-state index < -0.39 is 0 Å².